The fourth-order valence-corrected chi connectivity index (χ4v) is 1.16. The predicted octanol–water partition coefficient (Wildman–Crippen LogP) is 0.968. The van der Waals surface area contributed by atoms with Gasteiger partial charge in [0.05, 0.1) is 7.11 Å². The quantitative estimate of drug-likeness (QED) is 0.566. The van der Waals surface area contributed by atoms with E-state index in [-0.39, 0.29) is 12.5 Å². The average molecular weight is 236 g/mol. The minimum Gasteiger partial charge on any atom is -0.468 e. The maximum atomic E-state index is 11.0. The molecule has 0 atom stereocenters. The number of anilines is 2. The lowest BCUT2D eigenvalue weighted by atomic mass is 10.4. The predicted molar refractivity (Wildman–Crippen MR) is 66.0 cm³/mol. The van der Waals surface area contributed by atoms with E-state index in [1.54, 1.807) is 19.1 Å². The van der Waals surface area contributed by atoms with E-state index >= 15 is 0 Å². The van der Waals surface area contributed by atoms with Crippen LogP contribution in [0, 0.1) is 6.92 Å². The van der Waals surface area contributed by atoms with Gasteiger partial charge >= 0.3 is 5.97 Å². The van der Waals surface area contributed by atoms with Crippen molar-refractivity contribution in [3.63, 3.8) is 0 Å². The lowest BCUT2D eigenvalue weighted by Crippen LogP contribution is -2.16. The average Bonchev–Trinajstić information content (AvgIpc) is 2.32. The Morgan fingerprint density at radius 1 is 1.47 bits per heavy atom. The summed E-state index contributed by atoms with van der Waals surface area (Å²) in [4.78, 5) is 19.3. The van der Waals surface area contributed by atoms with E-state index in [0.29, 0.717) is 24.0 Å². The summed E-state index contributed by atoms with van der Waals surface area (Å²) in [6.45, 7) is 6.08. The molecule has 1 rings (SSSR count). The third-order valence-electron chi connectivity index (χ3n) is 1.91. The summed E-state index contributed by atoms with van der Waals surface area (Å²) in [5.41, 5.74) is 0. The number of aromatic nitrogens is 2. The van der Waals surface area contributed by atoms with Gasteiger partial charge in [-0.25, -0.2) is 9.97 Å². The van der Waals surface area contributed by atoms with Gasteiger partial charge in [0, 0.05) is 12.6 Å². The normalized spacial score (nSPS) is 9.53. The van der Waals surface area contributed by atoms with Gasteiger partial charge < -0.3 is 15.4 Å². The van der Waals surface area contributed by atoms with E-state index in [2.05, 4.69) is 31.9 Å². The summed E-state index contributed by atoms with van der Waals surface area (Å²) in [6, 6.07) is 1.72. The highest BCUT2D eigenvalue weighted by Crippen LogP contribution is 2.10. The summed E-state index contributed by atoms with van der Waals surface area (Å²) < 4.78 is 4.52. The molecule has 1 aromatic heterocycles. The Labute approximate surface area is 100 Å². The van der Waals surface area contributed by atoms with Gasteiger partial charge in [-0.3, -0.25) is 4.79 Å². The summed E-state index contributed by atoms with van der Waals surface area (Å²) in [5, 5.41) is 5.91. The molecule has 17 heavy (non-hydrogen) atoms. The van der Waals surface area contributed by atoms with Crippen LogP contribution < -0.4 is 10.6 Å². The van der Waals surface area contributed by atoms with Crippen LogP contribution in [0.1, 0.15) is 5.82 Å². The molecule has 0 aliphatic carbocycles. The van der Waals surface area contributed by atoms with E-state index in [9.17, 15) is 4.79 Å². The van der Waals surface area contributed by atoms with Crippen molar-refractivity contribution in [1.29, 1.82) is 0 Å². The molecule has 92 valence electrons. The molecule has 0 spiro atoms. The fourth-order valence-electron chi connectivity index (χ4n) is 1.16. The van der Waals surface area contributed by atoms with Gasteiger partial charge in [-0.1, -0.05) is 6.08 Å². The minimum absolute atomic E-state index is 0.0772. The third kappa shape index (κ3) is 4.50. The second-order valence-electron chi connectivity index (χ2n) is 3.28. The Kier molecular flexibility index (Phi) is 4.93. The summed E-state index contributed by atoms with van der Waals surface area (Å²) in [7, 11) is 1.34. The van der Waals surface area contributed by atoms with Crippen molar-refractivity contribution in [1.82, 2.24) is 9.97 Å². The smallest absolute Gasteiger partial charge is 0.325 e. The maximum Gasteiger partial charge on any atom is 0.325 e. The largest absolute Gasteiger partial charge is 0.468 e. The van der Waals surface area contributed by atoms with Crippen LogP contribution in [-0.2, 0) is 9.53 Å². The molecule has 1 aromatic rings. The van der Waals surface area contributed by atoms with Crippen molar-refractivity contribution in [3.8, 4) is 0 Å². The molecular formula is C11H16N4O2. The number of aryl methyl sites for hydroxylation is 1. The van der Waals surface area contributed by atoms with Crippen molar-refractivity contribution in [3.05, 3.63) is 24.5 Å². The zero-order chi connectivity index (χ0) is 12.7. The molecule has 0 radical (unpaired) electrons. The van der Waals surface area contributed by atoms with Crippen LogP contribution in [0.5, 0.6) is 0 Å². The second kappa shape index (κ2) is 6.47. The lowest BCUT2D eigenvalue weighted by molar-refractivity contribution is -0.138. The summed E-state index contributed by atoms with van der Waals surface area (Å²) in [5.74, 6) is 1.53. The summed E-state index contributed by atoms with van der Waals surface area (Å²) in [6.07, 6.45) is 1.74. The van der Waals surface area contributed by atoms with Crippen LogP contribution in [-0.4, -0.2) is 36.1 Å². The van der Waals surface area contributed by atoms with E-state index in [1.807, 2.05) is 0 Å². The van der Waals surface area contributed by atoms with Gasteiger partial charge in [-0.15, -0.1) is 6.58 Å². The SMILES string of the molecule is C=CCNc1cc(NCC(=O)OC)nc(C)n1. The monoisotopic (exact) mass is 236 g/mol. The molecule has 1 heterocycles. The molecule has 6 heteroatoms. The lowest BCUT2D eigenvalue weighted by Gasteiger charge is -2.08. The Morgan fingerprint density at radius 3 is 2.71 bits per heavy atom. The first-order chi connectivity index (χ1) is 8.15. The molecule has 0 fully saturated rings. The first kappa shape index (κ1) is 13.0. The second-order valence-corrected chi connectivity index (χ2v) is 3.28. The van der Waals surface area contributed by atoms with E-state index in [0.717, 1.165) is 0 Å². The molecule has 0 aromatic carbocycles. The number of methoxy groups -OCH3 is 1. The van der Waals surface area contributed by atoms with Crippen molar-refractivity contribution < 1.29 is 9.53 Å². The van der Waals surface area contributed by atoms with E-state index in [4.69, 9.17) is 0 Å². The van der Waals surface area contributed by atoms with Crippen LogP contribution in [0.3, 0.4) is 0 Å². The number of carbonyl (C=O) groups is 1. The number of rotatable bonds is 6. The van der Waals surface area contributed by atoms with E-state index < -0.39 is 0 Å². The standard InChI is InChI=1S/C11H16N4O2/c1-4-5-12-9-6-10(15-8(2)14-9)13-7-11(16)17-3/h4,6H,1,5,7H2,2-3H3,(H2,12,13,14,15). The van der Waals surface area contributed by atoms with Crippen LogP contribution in [0.2, 0.25) is 0 Å². The van der Waals surface area contributed by atoms with Crippen molar-refractivity contribution in [2.24, 2.45) is 0 Å². The van der Waals surface area contributed by atoms with Crippen molar-refractivity contribution in [2.75, 3.05) is 30.8 Å². The van der Waals surface area contributed by atoms with Gasteiger partial charge in [0.1, 0.15) is 24.0 Å². The maximum absolute atomic E-state index is 11.0. The number of esters is 1. The number of nitrogens with one attached hydrogen (secondary N) is 2. The Balaban J connectivity index is 2.67. The van der Waals surface area contributed by atoms with Crippen LogP contribution in [0.4, 0.5) is 11.6 Å². The van der Waals surface area contributed by atoms with Crippen molar-refractivity contribution >= 4 is 17.6 Å². The number of hydrogen-bond donors (Lipinski definition) is 2. The molecule has 6 nitrogen and oxygen atoms in total. The number of ether oxygens (including phenoxy) is 1. The highest BCUT2D eigenvalue weighted by Gasteiger charge is 2.03. The minimum atomic E-state index is -0.345. The Bertz CT molecular complexity index is 406. The van der Waals surface area contributed by atoms with Crippen LogP contribution >= 0.6 is 0 Å². The van der Waals surface area contributed by atoms with Gasteiger partial charge in [-0.05, 0) is 6.92 Å². The topological polar surface area (TPSA) is 76.1 Å². The van der Waals surface area contributed by atoms with E-state index in [1.165, 1.54) is 7.11 Å². The van der Waals surface area contributed by atoms with Crippen LogP contribution in [0.25, 0.3) is 0 Å². The van der Waals surface area contributed by atoms with Crippen molar-refractivity contribution in [2.45, 2.75) is 6.92 Å². The third-order valence-corrected chi connectivity index (χ3v) is 1.91. The molecule has 0 aliphatic rings. The molecular weight excluding hydrogens is 220 g/mol. The fraction of sp³-hybridized carbons (Fsp3) is 0.364. The Morgan fingerprint density at radius 2 is 2.12 bits per heavy atom. The highest BCUT2D eigenvalue weighted by molar-refractivity contribution is 5.74. The van der Waals surface area contributed by atoms with Crippen LogP contribution in [0.15, 0.2) is 18.7 Å². The molecule has 0 saturated heterocycles. The molecule has 0 aliphatic heterocycles. The van der Waals surface area contributed by atoms with Gasteiger partial charge in [0.15, 0.2) is 0 Å². The molecule has 2 N–H and O–H groups in total. The highest BCUT2D eigenvalue weighted by atomic mass is 16.5. The molecule has 0 saturated carbocycles. The number of hydrogen-bond acceptors (Lipinski definition) is 6. The summed E-state index contributed by atoms with van der Waals surface area (Å²) >= 11 is 0. The zero-order valence-corrected chi connectivity index (χ0v) is 9.99. The zero-order valence-electron chi connectivity index (χ0n) is 9.99. The first-order valence-electron chi connectivity index (χ1n) is 5.17. The number of nitrogens with zero attached hydrogens (tertiary/aromatic N) is 2. The van der Waals surface area contributed by atoms with Gasteiger partial charge in [-0.2, -0.15) is 0 Å². The van der Waals surface area contributed by atoms with Gasteiger partial charge in [0.2, 0.25) is 0 Å². The molecule has 0 amide bonds. The molecule has 0 unspecified atom stereocenters. The Hall–Kier alpha value is -2.11. The number of carbonyl (C=O) groups excluding carboxylic acids is 1. The first-order valence-corrected chi connectivity index (χ1v) is 5.17. The molecule has 0 bridgehead atoms. The van der Waals surface area contributed by atoms with Gasteiger partial charge in [0.25, 0.3) is 0 Å².